The Morgan fingerprint density at radius 1 is 1.00 bits per heavy atom. The second-order valence-electron chi connectivity index (χ2n) is 6.44. The maximum absolute atomic E-state index is 13.0. The van der Waals surface area contributed by atoms with Crippen LogP contribution >= 0.6 is 27.7 Å². The third-order valence-corrected chi connectivity index (χ3v) is 5.64. The standard InChI is InChI=1S/C23H16BrFN2O2S/c24-17-5-1-16(2-6-17)14-29-20-11-3-15(4-12-20)13-21-22(28)27-23(30-21)26-19-9-7-18(25)8-10-19/h1-13H,14H2,(H,26,27,28)/b21-13-. The van der Waals surface area contributed by atoms with Gasteiger partial charge in [-0.15, -0.1) is 0 Å². The van der Waals surface area contributed by atoms with Crippen molar-refractivity contribution >= 4 is 50.5 Å². The number of amidine groups is 1. The van der Waals surface area contributed by atoms with Crippen molar-refractivity contribution in [1.29, 1.82) is 0 Å². The first-order valence-electron chi connectivity index (χ1n) is 9.08. The summed E-state index contributed by atoms with van der Waals surface area (Å²) in [5.74, 6) is 0.213. The lowest BCUT2D eigenvalue weighted by molar-refractivity contribution is -0.115. The number of hydrogen-bond donors (Lipinski definition) is 1. The van der Waals surface area contributed by atoms with Crippen molar-refractivity contribution in [3.05, 3.63) is 99.1 Å². The molecule has 0 saturated carbocycles. The molecule has 0 atom stereocenters. The summed E-state index contributed by atoms with van der Waals surface area (Å²) in [6.07, 6.45) is 1.80. The highest BCUT2D eigenvalue weighted by Gasteiger charge is 2.23. The molecule has 1 fully saturated rings. The maximum Gasteiger partial charge on any atom is 0.264 e. The van der Waals surface area contributed by atoms with E-state index in [1.54, 1.807) is 18.2 Å². The fraction of sp³-hybridized carbons (Fsp3) is 0.0435. The minimum atomic E-state index is -0.327. The van der Waals surface area contributed by atoms with Crippen molar-refractivity contribution in [3.8, 4) is 5.75 Å². The van der Waals surface area contributed by atoms with E-state index < -0.39 is 0 Å². The summed E-state index contributed by atoms with van der Waals surface area (Å²) in [6, 6.07) is 21.3. The molecule has 1 aliphatic heterocycles. The average Bonchev–Trinajstić information content (AvgIpc) is 3.09. The van der Waals surface area contributed by atoms with E-state index in [0.717, 1.165) is 21.3 Å². The van der Waals surface area contributed by atoms with E-state index in [9.17, 15) is 9.18 Å². The number of nitrogens with zero attached hydrogens (tertiary/aromatic N) is 1. The summed E-state index contributed by atoms with van der Waals surface area (Å²) in [6.45, 7) is 0.481. The smallest absolute Gasteiger partial charge is 0.264 e. The molecule has 0 unspecified atom stereocenters. The molecule has 1 saturated heterocycles. The van der Waals surface area contributed by atoms with Gasteiger partial charge in [-0.05, 0) is 77.5 Å². The van der Waals surface area contributed by atoms with Crippen LogP contribution in [0.3, 0.4) is 0 Å². The van der Waals surface area contributed by atoms with Crippen molar-refractivity contribution in [3.63, 3.8) is 0 Å². The summed E-state index contributed by atoms with van der Waals surface area (Å²) in [5.41, 5.74) is 2.54. The second-order valence-corrected chi connectivity index (χ2v) is 8.39. The van der Waals surface area contributed by atoms with Gasteiger partial charge < -0.3 is 10.1 Å². The number of hydrogen-bond acceptors (Lipinski definition) is 4. The molecular weight excluding hydrogens is 467 g/mol. The molecule has 0 aromatic heterocycles. The molecule has 3 aromatic carbocycles. The van der Waals surface area contributed by atoms with Crippen molar-refractivity contribution in [2.75, 3.05) is 0 Å². The van der Waals surface area contributed by atoms with Gasteiger partial charge in [0.25, 0.3) is 5.91 Å². The van der Waals surface area contributed by atoms with Crippen molar-refractivity contribution in [1.82, 2.24) is 5.32 Å². The number of ether oxygens (including phenoxy) is 1. The van der Waals surface area contributed by atoms with Gasteiger partial charge in [-0.1, -0.05) is 40.2 Å². The van der Waals surface area contributed by atoms with Gasteiger partial charge in [0, 0.05) is 4.47 Å². The number of thioether (sulfide) groups is 1. The van der Waals surface area contributed by atoms with Crippen LogP contribution in [0.25, 0.3) is 6.08 Å². The second kappa shape index (κ2) is 9.28. The van der Waals surface area contributed by atoms with E-state index in [-0.39, 0.29) is 11.7 Å². The van der Waals surface area contributed by atoms with E-state index in [0.29, 0.717) is 22.4 Å². The van der Waals surface area contributed by atoms with Gasteiger partial charge in [0.15, 0.2) is 5.17 Å². The Bertz CT molecular complexity index is 1110. The predicted octanol–water partition coefficient (Wildman–Crippen LogP) is 6.06. The highest BCUT2D eigenvalue weighted by Crippen LogP contribution is 2.28. The Balaban J connectivity index is 1.39. The molecule has 1 aliphatic rings. The Kier molecular flexibility index (Phi) is 6.30. The van der Waals surface area contributed by atoms with Crippen LogP contribution in [-0.2, 0) is 11.4 Å². The van der Waals surface area contributed by atoms with Gasteiger partial charge in [0.1, 0.15) is 18.2 Å². The Morgan fingerprint density at radius 2 is 1.70 bits per heavy atom. The summed E-state index contributed by atoms with van der Waals surface area (Å²) in [7, 11) is 0. The fourth-order valence-corrected chi connectivity index (χ4v) is 3.78. The number of nitrogens with one attached hydrogen (secondary N) is 1. The van der Waals surface area contributed by atoms with Crippen molar-refractivity contribution in [2.45, 2.75) is 6.61 Å². The summed E-state index contributed by atoms with van der Waals surface area (Å²) < 4.78 is 19.8. The number of benzene rings is 3. The highest BCUT2D eigenvalue weighted by atomic mass is 79.9. The van der Waals surface area contributed by atoms with Crippen LogP contribution in [0.1, 0.15) is 11.1 Å². The topological polar surface area (TPSA) is 50.7 Å². The lowest BCUT2D eigenvalue weighted by Gasteiger charge is -2.06. The molecule has 4 nitrogen and oxygen atoms in total. The number of carbonyl (C=O) groups excluding carboxylic acids is 1. The molecule has 30 heavy (non-hydrogen) atoms. The quantitative estimate of drug-likeness (QED) is 0.449. The first kappa shape index (κ1) is 20.4. The first-order chi connectivity index (χ1) is 14.5. The van der Waals surface area contributed by atoms with Crippen LogP contribution in [0.4, 0.5) is 10.1 Å². The number of rotatable bonds is 5. The largest absolute Gasteiger partial charge is 0.489 e. The highest BCUT2D eigenvalue weighted by molar-refractivity contribution is 9.10. The molecule has 4 rings (SSSR count). The van der Waals surface area contributed by atoms with Crippen LogP contribution in [-0.4, -0.2) is 11.1 Å². The zero-order chi connectivity index (χ0) is 20.9. The minimum absolute atomic E-state index is 0.212. The molecule has 0 radical (unpaired) electrons. The number of amides is 1. The SMILES string of the molecule is O=C1NC(=Nc2ccc(F)cc2)S/C1=C\c1ccc(OCc2ccc(Br)cc2)cc1. The van der Waals surface area contributed by atoms with Gasteiger partial charge >= 0.3 is 0 Å². The third-order valence-electron chi connectivity index (χ3n) is 4.20. The molecule has 7 heteroatoms. The molecule has 0 aliphatic carbocycles. The van der Waals surface area contributed by atoms with Crippen LogP contribution in [0.2, 0.25) is 0 Å². The Morgan fingerprint density at radius 3 is 2.40 bits per heavy atom. The molecular formula is C23H16BrFN2O2S. The Labute approximate surface area is 186 Å². The molecule has 150 valence electrons. The first-order valence-corrected chi connectivity index (χ1v) is 10.7. The van der Waals surface area contributed by atoms with E-state index in [1.165, 1.54) is 23.9 Å². The lowest BCUT2D eigenvalue weighted by Crippen LogP contribution is -2.19. The molecule has 1 N–H and O–H groups in total. The van der Waals surface area contributed by atoms with E-state index in [4.69, 9.17) is 4.74 Å². The van der Waals surface area contributed by atoms with E-state index in [2.05, 4.69) is 26.2 Å². The summed E-state index contributed by atoms with van der Waals surface area (Å²) in [4.78, 5) is 17.1. The number of halogens is 2. The van der Waals surface area contributed by atoms with Gasteiger partial charge in [-0.3, -0.25) is 4.79 Å². The van der Waals surface area contributed by atoms with E-state index in [1.807, 2.05) is 48.5 Å². The van der Waals surface area contributed by atoms with Gasteiger partial charge in [0.2, 0.25) is 0 Å². The van der Waals surface area contributed by atoms with Gasteiger partial charge in [0.05, 0.1) is 10.6 Å². The van der Waals surface area contributed by atoms with Crippen molar-refractivity contribution < 1.29 is 13.9 Å². The molecule has 3 aromatic rings. The van der Waals surface area contributed by atoms with Gasteiger partial charge in [-0.2, -0.15) is 0 Å². The Hall–Kier alpha value is -2.90. The molecule has 0 bridgehead atoms. The number of aliphatic imine (C=N–C) groups is 1. The summed E-state index contributed by atoms with van der Waals surface area (Å²) >= 11 is 4.66. The molecule has 1 heterocycles. The number of carbonyl (C=O) groups is 1. The third kappa shape index (κ3) is 5.37. The van der Waals surface area contributed by atoms with Crippen LogP contribution in [0.15, 0.2) is 87.2 Å². The lowest BCUT2D eigenvalue weighted by atomic mass is 10.2. The summed E-state index contributed by atoms with van der Waals surface area (Å²) in [5, 5.41) is 3.19. The monoisotopic (exact) mass is 482 g/mol. The van der Waals surface area contributed by atoms with Crippen molar-refractivity contribution in [2.24, 2.45) is 4.99 Å². The van der Waals surface area contributed by atoms with Crippen LogP contribution in [0.5, 0.6) is 5.75 Å². The van der Waals surface area contributed by atoms with Crippen LogP contribution < -0.4 is 10.1 Å². The zero-order valence-electron chi connectivity index (χ0n) is 15.6. The van der Waals surface area contributed by atoms with Gasteiger partial charge in [-0.25, -0.2) is 9.38 Å². The minimum Gasteiger partial charge on any atom is -0.489 e. The molecule has 1 amide bonds. The zero-order valence-corrected chi connectivity index (χ0v) is 18.0. The average molecular weight is 483 g/mol. The normalized spacial score (nSPS) is 16.1. The fourth-order valence-electron chi connectivity index (χ4n) is 2.67. The van der Waals surface area contributed by atoms with Crippen LogP contribution in [0, 0.1) is 5.82 Å². The molecule has 0 spiro atoms. The predicted molar refractivity (Wildman–Crippen MR) is 122 cm³/mol. The van der Waals surface area contributed by atoms with E-state index >= 15 is 0 Å². The maximum atomic E-state index is 13.0.